The van der Waals surface area contributed by atoms with Crippen LogP contribution in [0.2, 0.25) is 0 Å². The SMILES string of the molecule is O=C(O)C(=O)/C=C(\C=C\[O-])C(=O)[O-]. The number of ketones is 1. The zero-order chi connectivity index (χ0) is 10.4. The van der Waals surface area contributed by atoms with E-state index in [2.05, 4.69) is 0 Å². The molecule has 0 aromatic carbocycles. The van der Waals surface area contributed by atoms with Crippen molar-refractivity contribution in [3.8, 4) is 0 Å². The number of carbonyl (C=O) groups excluding carboxylic acids is 2. The number of rotatable bonds is 4. The Morgan fingerprint density at radius 1 is 1.23 bits per heavy atom. The van der Waals surface area contributed by atoms with Gasteiger partial charge in [0.15, 0.2) is 0 Å². The van der Waals surface area contributed by atoms with Crippen LogP contribution in [0.1, 0.15) is 0 Å². The summed E-state index contributed by atoms with van der Waals surface area (Å²) in [6.07, 6.45) is 0.930. The Balaban J connectivity index is 4.84. The molecule has 70 valence electrons. The van der Waals surface area contributed by atoms with Crippen LogP contribution < -0.4 is 10.2 Å². The molecule has 0 aromatic heterocycles. The molecule has 0 amide bonds. The first-order valence-corrected chi connectivity index (χ1v) is 2.98. The first kappa shape index (κ1) is 10.9. The van der Waals surface area contributed by atoms with Crippen LogP contribution in [0.15, 0.2) is 24.0 Å². The van der Waals surface area contributed by atoms with Crippen molar-refractivity contribution in [1.82, 2.24) is 0 Å². The third-order valence-corrected chi connectivity index (χ3v) is 0.981. The minimum absolute atomic E-state index is 0.108. The normalized spacial score (nSPS) is 11.5. The molecule has 0 aromatic rings. The lowest BCUT2D eigenvalue weighted by molar-refractivity contribution is -0.299. The summed E-state index contributed by atoms with van der Waals surface area (Å²) in [4.78, 5) is 30.5. The maximum atomic E-state index is 10.4. The lowest BCUT2D eigenvalue weighted by Gasteiger charge is -2.02. The molecule has 0 unspecified atom stereocenters. The molecule has 13 heavy (non-hydrogen) atoms. The molecule has 0 bridgehead atoms. The summed E-state index contributed by atoms with van der Waals surface area (Å²) >= 11 is 0. The number of hydrogen-bond acceptors (Lipinski definition) is 5. The molecule has 0 aliphatic heterocycles. The van der Waals surface area contributed by atoms with Crippen LogP contribution in [0.4, 0.5) is 0 Å². The number of aliphatic carboxylic acids is 2. The van der Waals surface area contributed by atoms with E-state index in [0.717, 1.165) is 0 Å². The molecule has 0 saturated heterocycles. The Bertz CT molecular complexity index is 298. The van der Waals surface area contributed by atoms with Crippen LogP contribution in [-0.2, 0) is 14.4 Å². The molecule has 0 atom stereocenters. The topological polar surface area (TPSA) is 118 Å². The maximum Gasteiger partial charge on any atom is 0.376 e. The lowest BCUT2D eigenvalue weighted by Crippen LogP contribution is -2.25. The van der Waals surface area contributed by atoms with E-state index in [-0.39, 0.29) is 6.26 Å². The third-order valence-electron chi connectivity index (χ3n) is 0.981. The molecule has 6 heteroatoms. The van der Waals surface area contributed by atoms with Crippen molar-refractivity contribution in [3.63, 3.8) is 0 Å². The van der Waals surface area contributed by atoms with Crippen LogP contribution in [0.5, 0.6) is 0 Å². The minimum atomic E-state index is -1.81. The van der Waals surface area contributed by atoms with Gasteiger partial charge in [0.25, 0.3) is 5.78 Å². The van der Waals surface area contributed by atoms with Gasteiger partial charge in [-0.15, -0.1) is 6.26 Å². The van der Waals surface area contributed by atoms with Crippen LogP contribution in [0, 0.1) is 0 Å². The summed E-state index contributed by atoms with van der Waals surface area (Å²) in [5.41, 5.74) is -0.776. The number of carboxylic acids is 2. The molecule has 0 heterocycles. The van der Waals surface area contributed by atoms with Crippen molar-refractivity contribution >= 4 is 17.7 Å². The number of carboxylic acid groups (broad SMARTS) is 2. The lowest BCUT2D eigenvalue weighted by atomic mass is 10.2. The van der Waals surface area contributed by atoms with Gasteiger partial charge in [-0.05, 0) is 0 Å². The first-order valence-electron chi connectivity index (χ1n) is 2.98. The maximum absolute atomic E-state index is 10.4. The van der Waals surface area contributed by atoms with Crippen LogP contribution >= 0.6 is 0 Å². The highest BCUT2D eigenvalue weighted by molar-refractivity contribution is 6.38. The van der Waals surface area contributed by atoms with Gasteiger partial charge in [-0.2, -0.15) is 0 Å². The summed E-state index contributed by atoms with van der Waals surface area (Å²) in [5.74, 6) is -5.03. The highest BCUT2D eigenvalue weighted by atomic mass is 16.4. The smallest absolute Gasteiger partial charge is 0.376 e. The molecule has 0 spiro atoms. The third kappa shape index (κ3) is 3.71. The van der Waals surface area contributed by atoms with Crippen molar-refractivity contribution in [1.29, 1.82) is 0 Å². The highest BCUT2D eigenvalue weighted by Crippen LogP contribution is 1.94. The van der Waals surface area contributed by atoms with E-state index in [1.165, 1.54) is 0 Å². The van der Waals surface area contributed by atoms with Gasteiger partial charge in [0.05, 0.1) is 5.97 Å². The van der Waals surface area contributed by atoms with Gasteiger partial charge in [-0.3, -0.25) is 4.79 Å². The van der Waals surface area contributed by atoms with E-state index in [1.807, 2.05) is 0 Å². The van der Waals surface area contributed by atoms with Crippen molar-refractivity contribution in [3.05, 3.63) is 24.0 Å². The highest BCUT2D eigenvalue weighted by Gasteiger charge is 2.08. The Kier molecular flexibility index (Phi) is 3.94. The largest absolute Gasteiger partial charge is 0.878 e. The average molecular weight is 184 g/mol. The van der Waals surface area contributed by atoms with Gasteiger partial charge in [-0.1, -0.05) is 6.08 Å². The second-order valence-electron chi connectivity index (χ2n) is 1.86. The van der Waals surface area contributed by atoms with E-state index in [4.69, 9.17) is 5.11 Å². The van der Waals surface area contributed by atoms with Gasteiger partial charge in [0, 0.05) is 11.6 Å². The Morgan fingerprint density at radius 2 is 1.77 bits per heavy atom. The fraction of sp³-hybridized carbons (Fsp3) is 0. The molecule has 0 fully saturated rings. The second-order valence-corrected chi connectivity index (χ2v) is 1.86. The van der Waals surface area contributed by atoms with Crippen molar-refractivity contribution in [2.75, 3.05) is 0 Å². The Labute approximate surface area is 72.4 Å². The molecule has 0 saturated carbocycles. The summed E-state index contributed by atoms with van der Waals surface area (Å²) in [7, 11) is 0. The van der Waals surface area contributed by atoms with E-state index in [0.29, 0.717) is 12.2 Å². The standard InChI is InChI=1S/C7H6O6/c8-2-1-4(6(10)11)3-5(9)7(12)13/h1-3,8H,(H,10,11)(H,12,13)/p-2/b2-1+,4-3+. The zero-order valence-corrected chi connectivity index (χ0v) is 6.22. The van der Waals surface area contributed by atoms with E-state index >= 15 is 0 Å². The van der Waals surface area contributed by atoms with Crippen LogP contribution in [0.25, 0.3) is 0 Å². The van der Waals surface area contributed by atoms with Crippen molar-refractivity contribution in [2.45, 2.75) is 0 Å². The van der Waals surface area contributed by atoms with Gasteiger partial charge in [-0.25, -0.2) is 4.79 Å². The summed E-state index contributed by atoms with van der Waals surface area (Å²) in [6.45, 7) is 0. The van der Waals surface area contributed by atoms with Gasteiger partial charge in [0.1, 0.15) is 0 Å². The van der Waals surface area contributed by atoms with Crippen LogP contribution in [-0.4, -0.2) is 22.8 Å². The van der Waals surface area contributed by atoms with Gasteiger partial charge < -0.3 is 20.1 Å². The van der Waals surface area contributed by atoms with E-state index in [1.54, 1.807) is 0 Å². The molecule has 0 rings (SSSR count). The molecular weight excluding hydrogens is 180 g/mol. The van der Waals surface area contributed by atoms with E-state index < -0.39 is 23.3 Å². The Morgan fingerprint density at radius 3 is 2.08 bits per heavy atom. The molecule has 0 aliphatic carbocycles. The predicted molar refractivity (Wildman–Crippen MR) is 34.9 cm³/mol. The second kappa shape index (κ2) is 4.70. The molecule has 1 N–H and O–H groups in total. The minimum Gasteiger partial charge on any atom is -0.878 e. The first-order chi connectivity index (χ1) is 5.99. The van der Waals surface area contributed by atoms with Gasteiger partial charge in [0.2, 0.25) is 0 Å². The number of carbonyl (C=O) groups is 3. The monoisotopic (exact) mass is 184 g/mol. The summed E-state index contributed by atoms with van der Waals surface area (Å²) in [5, 5.41) is 28.0. The zero-order valence-electron chi connectivity index (χ0n) is 6.22. The summed E-state index contributed by atoms with van der Waals surface area (Å²) in [6, 6.07) is 0. The fourth-order valence-electron chi connectivity index (χ4n) is 0.451. The van der Waals surface area contributed by atoms with Crippen molar-refractivity contribution in [2.24, 2.45) is 0 Å². The fourth-order valence-corrected chi connectivity index (χ4v) is 0.451. The summed E-state index contributed by atoms with van der Waals surface area (Å²) < 4.78 is 0. The van der Waals surface area contributed by atoms with Crippen molar-refractivity contribution < 1.29 is 29.7 Å². The molecule has 6 nitrogen and oxygen atoms in total. The van der Waals surface area contributed by atoms with E-state index in [9.17, 15) is 24.6 Å². The molecule has 0 radical (unpaired) electrons. The Hall–Kier alpha value is -2.11. The predicted octanol–water partition coefficient (Wildman–Crippen LogP) is -2.81. The molecule has 0 aliphatic rings. The van der Waals surface area contributed by atoms with Gasteiger partial charge >= 0.3 is 5.97 Å². The number of hydrogen-bond donors (Lipinski definition) is 1. The average Bonchev–Trinajstić information content (AvgIpc) is 2.03. The quantitative estimate of drug-likeness (QED) is 0.218. The van der Waals surface area contributed by atoms with Crippen LogP contribution in [0.3, 0.4) is 0 Å². The molecular formula is C7H4O6-2.